The van der Waals surface area contributed by atoms with Crippen LogP contribution in [0.4, 0.5) is 0 Å². The van der Waals surface area contributed by atoms with Gasteiger partial charge in [0.2, 0.25) is 0 Å². The van der Waals surface area contributed by atoms with Crippen molar-refractivity contribution in [3.05, 3.63) is 0 Å². The molecule has 1 saturated heterocycles. The number of nitrogens with one attached hydrogen (secondary N) is 1. The standard InChI is InChI=1S/C16H34N2O/c1-7-14(4)15-10-18(16(5,6)12-17-15)8-9-19-11-13(2)3/h13-15,17H,7-12H2,1-6H3. The summed E-state index contributed by atoms with van der Waals surface area (Å²) in [4.78, 5) is 2.60. The molecular formula is C16H34N2O. The zero-order valence-corrected chi connectivity index (χ0v) is 13.8. The Bertz CT molecular complexity index is 253. The predicted molar refractivity (Wildman–Crippen MR) is 82.6 cm³/mol. The van der Waals surface area contributed by atoms with Crippen LogP contribution in [0.25, 0.3) is 0 Å². The number of nitrogens with zero attached hydrogens (tertiary/aromatic N) is 1. The largest absolute Gasteiger partial charge is 0.380 e. The molecule has 1 heterocycles. The normalized spacial score (nSPS) is 25.7. The van der Waals surface area contributed by atoms with Gasteiger partial charge in [0.1, 0.15) is 0 Å². The van der Waals surface area contributed by atoms with Gasteiger partial charge in [-0.15, -0.1) is 0 Å². The summed E-state index contributed by atoms with van der Waals surface area (Å²) in [5.74, 6) is 1.37. The lowest BCUT2D eigenvalue weighted by atomic mass is 9.91. The number of rotatable bonds is 7. The highest BCUT2D eigenvalue weighted by molar-refractivity contribution is 4.94. The van der Waals surface area contributed by atoms with Gasteiger partial charge in [-0.2, -0.15) is 0 Å². The Morgan fingerprint density at radius 2 is 2.00 bits per heavy atom. The Kier molecular flexibility index (Phi) is 6.78. The quantitative estimate of drug-likeness (QED) is 0.720. The van der Waals surface area contributed by atoms with Crippen LogP contribution in [0.2, 0.25) is 0 Å². The monoisotopic (exact) mass is 270 g/mol. The van der Waals surface area contributed by atoms with E-state index < -0.39 is 0 Å². The fourth-order valence-corrected chi connectivity index (χ4v) is 2.60. The summed E-state index contributed by atoms with van der Waals surface area (Å²) in [5.41, 5.74) is 0.241. The molecule has 0 bridgehead atoms. The smallest absolute Gasteiger partial charge is 0.0593 e. The average molecular weight is 270 g/mol. The molecule has 3 nitrogen and oxygen atoms in total. The van der Waals surface area contributed by atoms with Crippen molar-refractivity contribution >= 4 is 0 Å². The lowest BCUT2D eigenvalue weighted by molar-refractivity contribution is 0.0153. The third-order valence-corrected chi connectivity index (χ3v) is 4.36. The van der Waals surface area contributed by atoms with Crippen LogP contribution in [0.15, 0.2) is 0 Å². The van der Waals surface area contributed by atoms with Gasteiger partial charge in [-0.25, -0.2) is 0 Å². The summed E-state index contributed by atoms with van der Waals surface area (Å²) in [6.45, 7) is 18.7. The number of hydrogen-bond donors (Lipinski definition) is 1. The Balaban J connectivity index is 2.42. The van der Waals surface area contributed by atoms with E-state index in [9.17, 15) is 0 Å². The van der Waals surface area contributed by atoms with Crippen molar-refractivity contribution in [2.45, 2.75) is 59.5 Å². The molecule has 1 rings (SSSR count). The van der Waals surface area contributed by atoms with Crippen molar-refractivity contribution in [2.24, 2.45) is 11.8 Å². The van der Waals surface area contributed by atoms with Gasteiger partial charge in [-0.3, -0.25) is 4.90 Å². The van der Waals surface area contributed by atoms with Gasteiger partial charge in [0.25, 0.3) is 0 Å². The van der Waals surface area contributed by atoms with Crippen molar-refractivity contribution in [3.63, 3.8) is 0 Å². The van der Waals surface area contributed by atoms with Crippen molar-refractivity contribution in [1.82, 2.24) is 10.2 Å². The lowest BCUT2D eigenvalue weighted by Crippen LogP contribution is -2.63. The SMILES string of the molecule is CCC(C)C1CN(CCOCC(C)C)C(C)(C)CN1. The highest BCUT2D eigenvalue weighted by Crippen LogP contribution is 2.22. The van der Waals surface area contributed by atoms with Crippen molar-refractivity contribution in [1.29, 1.82) is 0 Å². The van der Waals surface area contributed by atoms with Crippen LogP contribution in [0.5, 0.6) is 0 Å². The molecule has 2 unspecified atom stereocenters. The maximum atomic E-state index is 5.75. The van der Waals surface area contributed by atoms with Crippen molar-refractivity contribution in [2.75, 3.05) is 32.8 Å². The van der Waals surface area contributed by atoms with Crippen LogP contribution in [-0.4, -0.2) is 49.3 Å². The van der Waals surface area contributed by atoms with Gasteiger partial charge >= 0.3 is 0 Å². The van der Waals surface area contributed by atoms with Gasteiger partial charge < -0.3 is 10.1 Å². The Labute approximate surface area is 120 Å². The molecule has 114 valence electrons. The van der Waals surface area contributed by atoms with E-state index in [1.165, 1.54) is 6.42 Å². The highest BCUT2D eigenvalue weighted by Gasteiger charge is 2.34. The second-order valence-electron chi connectivity index (χ2n) is 7.10. The zero-order valence-electron chi connectivity index (χ0n) is 13.8. The van der Waals surface area contributed by atoms with Crippen LogP contribution >= 0.6 is 0 Å². The molecule has 0 saturated carbocycles. The molecular weight excluding hydrogens is 236 g/mol. The first-order valence-corrected chi connectivity index (χ1v) is 7.93. The highest BCUT2D eigenvalue weighted by atomic mass is 16.5. The minimum Gasteiger partial charge on any atom is -0.380 e. The Hall–Kier alpha value is -0.120. The molecule has 3 heteroatoms. The van der Waals surface area contributed by atoms with Crippen LogP contribution in [0.1, 0.15) is 48.0 Å². The molecule has 1 aliphatic rings. The first-order valence-electron chi connectivity index (χ1n) is 7.93. The van der Waals surface area contributed by atoms with Gasteiger partial charge in [-0.1, -0.05) is 34.1 Å². The summed E-state index contributed by atoms with van der Waals surface area (Å²) in [6.07, 6.45) is 1.25. The molecule has 0 aromatic carbocycles. The molecule has 19 heavy (non-hydrogen) atoms. The second-order valence-corrected chi connectivity index (χ2v) is 7.10. The summed E-state index contributed by atoms with van der Waals surface area (Å²) < 4.78 is 5.75. The first-order chi connectivity index (χ1) is 8.86. The molecule has 1 fully saturated rings. The summed E-state index contributed by atoms with van der Waals surface area (Å²) in [5, 5.41) is 3.72. The summed E-state index contributed by atoms with van der Waals surface area (Å²) in [6, 6.07) is 0.628. The Morgan fingerprint density at radius 3 is 2.58 bits per heavy atom. The van der Waals surface area contributed by atoms with Crippen LogP contribution in [0, 0.1) is 11.8 Å². The molecule has 1 aliphatic heterocycles. The fraction of sp³-hybridized carbons (Fsp3) is 1.00. The number of ether oxygens (including phenoxy) is 1. The predicted octanol–water partition coefficient (Wildman–Crippen LogP) is 2.76. The third kappa shape index (κ3) is 5.41. The fourth-order valence-electron chi connectivity index (χ4n) is 2.60. The Morgan fingerprint density at radius 1 is 1.32 bits per heavy atom. The van der Waals surface area contributed by atoms with E-state index in [-0.39, 0.29) is 5.54 Å². The molecule has 2 atom stereocenters. The molecule has 0 aromatic heterocycles. The van der Waals surface area contributed by atoms with Crippen LogP contribution in [-0.2, 0) is 4.74 Å². The lowest BCUT2D eigenvalue weighted by Gasteiger charge is -2.47. The molecule has 0 aliphatic carbocycles. The molecule has 0 spiro atoms. The van der Waals surface area contributed by atoms with E-state index in [1.807, 2.05) is 0 Å². The van der Waals surface area contributed by atoms with E-state index in [0.29, 0.717) is 12.0 Å². The number of piperazine rings is 1. The van der Waals surface area contributed by atoms with E-state index >= 15 is 0 Å². The number of hydrogen-bond acceptors (Lipinski definition) is 3. The summed E-state index contributed by atoms with van der Waals surface area (Å²) in [7, 11) is 0. The third-order valence-electron chi connectivity index (χ3n) is 4.36. The minimum atomic E-state index is 0.241. The van der Waals surface area contributed by atoms with E-state index in [4.69, 9.17) is 4.74 Å². The van der Waals surface area contributed by atoms with Gasteiger partial charge in [0.15, 0.2) is 0 Å². The molecule has 0 radical (unpaired) electrons. The van der Waals surface area contributed by atoms with E-state index in [0.717, 1.165) is 38.8 Å². The molecule has 0 amide bonds. The second kappa shape index (κ2) is 7.61. The first kappa shape index (κ1) is 16.9. The minimum absolute atomic E-state index is 0.241. The van der Waals surface area contributed by atoms with Gasteiger partial charge in [0.05, 0.1) is 6.61 Å². The van der Waals surface area contributed by atoms with Crippen molar-refractivity contribution < 1.29 is 4.74 Å². The topological polar surface area (TPSA) is 24.5 Å². The molecule has 0 aromatic rings. The van der Waals surface area contributed by atoms with Gasteiger partial charge in [-0.05, 0) is 25.7 Å². The van der Waals surface area contributed by atoms with Gasteiger partial charge in [0, 0.05) is 37.8 Å². The molecule has 1 N–H and O–H groups in total. The van der Waals surface area contributed by atoms with E-state index in [1.54, 1.807) is 0 Å². The van der Waals surface area contributed by atoms with Crippen molar-refractivity contribution in [3.8, 4) is 0 Å². The van der Waals surface area contributed by atoms with Crippen LogP contribution < -0.4 is 5.32 Å². The summed E-state index contributed by atoms with van der Waals surface area (Å²) >= 11 is 0. The van der Waals surface area contributed by atoms with E-state index in [2.05, 4.69) is 51.8 Å². The average Bonchev–Trinajstić information content (AvgIpc) is 2.34. The van der Waals surface area contributed by atoms with Crippen LogP contribution in [0.3, 0.4) is 0 Å². The maximum absolute atomic E-state index is 5.75. The zero-order chi connectivity index (χ0) is 14.5. The maximum Gasteiger partial charge on any atom is 0.0593 e.